The largest absolute Gasteiger partial charge is 0.453 e. The quantitative estimate of drug-likeness (QED) is 0.676. The third kappa shape index (κ3) is 1.43. The van der Waals surface area contributed by atoms with E-state index < -0.39 is 5.82 Å². The van der Waals surface area contributed by atoms with Crippen molar-refractivity contribution in [3.05, 3.63) is 23.5 Å². The molecule has 5 heteroatoms. The average molecular weight is 185 g/mol. The van der Waals surface area contributed by atoms with Crippen molar-refractivity contribution in [1.82, 2.24) is 5.48 Å². The second-order valence-corrected chi connectivity index (χ2v) is 2.65. The molecule has 0 atom stereocenters. The van der Waals surface area contributed by atoms with Gasteiger partial charge < -0.3 is 14.7 Å². The Morgan fingerprint density at radius 1 is 1.46 bits per heavy atom. The molecule has 0 fully saturated rings. The number of ether oxygens (including phenoxy) is 2. The lowest BCUT2D eigenvalue weighted by Crippen LogP contribution is -2.06. The Morgan fingerprint density at radius 2 is 2.31 bits per heavy atom. The second kappa shape index (κ2) is 3.20. The highest BCUT2D eigenvalue weighted by Crippen LogP contribution is 2.35. The van der Waals surface area contributed by atoms with E-state index in [2.05, 4.69) is 0 Å². The van der Waals surface area contributed by atoms with Gasteiger partial charge in [-0.2, -0.15) is 0 Å². The van der Waals surface area contributed by atoms with Crippen LogP contribution in [0.2, 0.25) is 0 Å². The third-order valence-corrected chi connectivity index (χ3v) is 1.77. The summed E-state index contributed by atoms with van der Waals surface area (Å²) in [4.78, 5) is 0. The van der Waals surface area contributed by atoms with Gasteiger partial charge in [0.1, 0.15) is 0 Å². The van der Waals surface area contributed by atoms with Gasteiger partial charge in [0.2, 0.25) is 12.5 Å². The van der Waals surface area contributed by atoms with Crippen LogP contribution in [-0.4, -0.2) is 12.0 Å². The van der Waals surface area contributed by atoms with E-state index in [-0.39, 0.29) is 19.1 Å². The van der Waals surface area contributed by atoms with Crippen LogP contribution in [0.3, 0.4) is 0 Å². The number of hydrogen-bond acceptors (Lipinski definition) is 4. The minimum absolute atomic E-state index is 0.0439. The van der Waals surface area contributed by atoms with Crippen molar-refractivity contribution in [3.63, 3.8) is 0 Å². The van der Waals surface area contributed by atoms with Crippen molar-refractivity contribution in [1.29, 1.82) is 0 Å². The second-order valence-electron chi connectivity index (χ2n) is 2.65. The van der Waals surface area contributed by atoms with Gasteiger partial charge in [-0.3, -0.25) is 0 Å². The molecule has 4 nitrogen and oxygen atoms in total. The van der Waals surface area contributed by atoms with Gasteiger partial charge in [-0.05, 0) is 17.7 Å². The molecule has 0 radical (unpaired) electrons. The minimum atomic E-state index is -0.472. The molecule has 1 aromatic rings. The van der Waals surface area contributed by atoms with E-state index in [4.69, 9.17) is 14.7 Å². The molecular formula is C8H8FNO3. The molecule has 0 aromatic heterocycles. The molecule has 0 spiro atoms. The van der Waals surface area contributed by atoms with Crippen molar-refractivity contribution >= 4 is 0 Å². The summed E-state index contributed by atoms with van der Waals surface area (Å²) < 4.78 is 23.0. The molecule has 1 aliphatic rings. The SMILES string of the molecule is ONCc1cc(F)c2c(c1)OCO2. The van der Waals surface area contributed by atoms with Crippen LogP contribution in [0.15, 0.2) is 12.1 Å². The lowest BCUT2D eigenvalue weighted by atomic mass is 10.2. The normalized spacial score (nSPS) is 13.4. The Balaban J connectivity index is 2.37. The van der Waals surface area contributed by atoms with Gasteiger partial charge in [-0.15, -0.1) is 0 Å². The van der Waals surface area contributed by atoms with Gasteiger partial charge in [0, 0.05) is 6.54 Å². The molecule has 1 aliphatic heterocycles. The Kier molecular flexibility index (Phi) is 2.03. The van der Waals surface area contributed by atoms with E-state index in [1.165, 1.54) is 6.07 Å². The average Bonchev–Trinajstić information content (AvgIpc) is 2.53. The highest BCUT2D eigenvalue weighted by Gasteiger charge is 2.18. The Morgan fingerprint density at radius 3 is 3.08 bits per heavy atom. The predicted octanol–water partition coefficient (Wildman–Crippen LogP) is 1.03. The number of rotatable bonds is 2. The van der Waals surface area contributed by atoms with Gasteiger partial charge >= 0.3 is 0 Å². The smallest absolute Gasteiger partial charge is 0.231 e. The number of hydroxylamine groups is 1. The van der Waals surface area contributed by atoms with Crippen LogP contribution in [0.5, 0.6) is 11.5 Å². The van der Waals surface area contributed by atoms with Gasteiger partial charge in [-0.25, -0.2) is 9.87 Å². The van der Waals surface area contributed by atoms with Crippen LogP contribution < -0.4 is 15.0 Å². The van der Waals surface area contributed by atoms with Gasteiger partial charge in [0.25, 0.3) is 0 Å². The number of halogens is 1. The monoisotopic (exact) mass is 185 g/mol. The summed E-state index contributed by atoms with van der Waals surface area (Å²) in [7, 11) is 0. The molecule has 0 aliphatic carbocycles. The number of fused-ring (bicyclic) bond motifs is 1. The Hall–Kier alpha value is -1.33. The van der Waals surface area contributed by atoms with Crippen molar-refractivity contribution < 1.29 is 19.1 Å². The van der Waals surface area contributed by atoms with E-state index in [1.807, 2.05) is 5.48 Å². The number of benzene rings is 1. The fourth-order valence-electron chi connectivity index (χ4n) is 1.21. The maximum atomic E-state index is 13.2. The van der Waals surface area contributed by atoms with Crippen LogP contribution in [-0.2, 0) is 6.54 Å². The first kappa shape index (κ1) is 8.28. The van der Waals surface area contributed by atoms with Crippen molar-refractivity contribution in [2.24, 2.45) is 0 Å². The third-order valence-electron chi connectivity index (χ3n) is 1.77. The molecule has 13 heavy (non-hydrogen) atoms. The summed E-state index contributed by atoms with van der Waals surface area (Å²) in [5, 5.41) is 8.41. The zero-order chi connectivity index (χ0) is 9.26. The Labute approximate surface area is 73.8 Å². The van der Waals surface area contributed by atoms with E-state index in [9.17, 15) is 4.39 Å². The number of nitrogens with one attached hydrogen (secondary N) is 1. The molecule has 0 bridgehead atoms. The first-order valence-electron chi connectivity index (χ1n) is 3.76. The maximum absolute atomic E-state index is 13.2. The topological polar surface area (TPSA) is 50.7 Å². The summed E-state index contributed by atoms with van der Waals surface area (Å²) in [6.45, 7) is 0.218. The highest BCUT2D eigenvalue weighted by molar-refractivity contribution is 5.45. The zero-order valence-electron chi connectivity index (χ0n) is 6.71. The van der Waals surface area contributed by atoms with Gasteiger partial charge in [-0.1, -0.05) is 0 Å². The highest BCUT2D eigenvalue weighted by atomic mass is 19.1. The summed E-state index contributed by atoms with van der Waals surface area (Å²) in [5.41, 5.74) is 2.54. The fourth-order valence-corrected chi connectivity index (χ4v) is 1.21. The van der Waals surface area contributed by atoms with E-state index >= 15 is 0 Å². The van der Waals surface area contributed by atoms with Crippen molar-refractivity contribution in [2.75, 3.05) is 6.79 Å². The van der Waals surface area contributed by atoms with Crippen molar-refractivity contribution in [2.45, 2.75) is 6.54 Å². The molecule has 2 N–H and O–H groups in total. The summed E-state index contributed by atoms with van der Waals surface area (Å²) >= 11 is 0. The van der Waals surface area contributed by atoms with E-state index in [1.54, 1.807) is 6.07 Å². The maximum Gasteiger partial charge on any atom is 0.231 e. The molecule has 1 heterocycles. The van der Waals surface area contributed by atoms with Crippen molar-refractivity contribution in [3.8, 4) is 11.5 Å². The summed E-state index contributed by atoms with van der Waals surface area (Å²) in [5.74, 6) is 0.0483. The Bertz CT molecular complexity index is 329. The van der Waals surface area contributed by atoms with Crippen LogP contribution in [0.4, 0.5) is 4.39 Å². The molecule has 0 unspecified atom stereocenters. The summed E-state index contributed by atoms with van der Waals surface area (Å²) in [6.07, 6.45) is 0. The predicted molar refractivity (Wildman–Crippen MR) is 41.1 cm³/mol. The molecule has 2 rings (SSSR count). The lowest BCUT2D eigenvalue weighted by Gasteiger charge is -2.02. The molecule has 70 valence electrons. The van der Waals surface area contributed by atoms with Gasteiger partial charge in [0.05, 0.1) is 0 Å². The molecular weight excluding hydrogens is 177 g/mol. The van der Waals surface area contributed by atoms with E-state index in [0.29, 0.717) is 11.3 Å². The van der Waals surface area contributed by atoms with Crippen LogP contribution in [0.1, 0.15) is 5.56 Å². The zero-order valence-corrected chi connectivity index (χ0v) is 6.71. The molecule has 0 amide bonds. The lowest BCUT2D eigenvalue weighted by molar-refractivity contribution is 0.161. The first-order chi connectivity index (χ1) is 6.31. The summed E-state index contributed by atoms with van der Waals surface area (Å²) in [6, 6.07) is 2.91. The van der Waals surface area contributed by atoms with E-state index in [0.717, 1.165) is 0 Å². The van der Waals surface area contributed by atoms with Crippen LogP contribution >= 0.6 is 0 Å². The number of hydrogen-bond donors (Lipinski definition) is 2. The van der Waals surface area contributed by atoms with Crippen LogP contribution in [0, 0.1) is 5.82 Å². The molecule has 0 saturated heterocycles. The minimum Gasteiger partial charge on any atom is -0.453 e. The standard InChI is InChI=1S/C8H8FNO3/c9-6-1-5(3-10-11)2-7-8(6)13-4-12-7/h1-2,10-11H,3-4H2. The fraction of sp³-hybridized carbons (Fsp3) is 0.250. The van der Waals surface area contributed by atoms with Crippen LogP contribution in [0.25, 0.3) is 0 Å². The first-order valence-corrected chi connectivity index (χ1v) is 3.76. The molecule has 1 aromatic carbocycles. The molecule has 0 saturated carbocycles. The van der Waals surface area contributed by atoms with Gasteiger partial charge in [0.15, 0.2) is 11.6 Å².